The summed E-state index contributed by atoms with van der Waals surface area (Å²) in [5, 5.41) is 3.90. The van der Waals surface area contributed by atoms with Crippen molar-refractivity contribution in [3.63, 3.8) is 0 Å². The van der Waals surface area contributed by atoms with Crippen LogP contribution in [0.5, 0.6) is 0 Å². The maximum absolute atomic E-state index is 3.90. The summed E-state index contributed by atoms with van der Waals surface area (Å²) in [5.41, 5.74) is 19.5. The molecule has 194 valence electrons. The average Bonchev–Trinajstić information content (AvgIpc) is 3.04. The highest BCUT2D eigenvalue weighted by Gasteiger charge is 2.50. The molecule has 0 fully saturated rings. The van der Waals surface area contributed by atoms with Gasteiger partial charge in [0.2, 0.25) is 0 Å². The third-order valence-electron chi connectivity index (χ3n) is 9.76. The summed E-state index contributed by atoms with van der Waals surface area (Å²) < 4.78 is 0. The van der Waals surface area contributed by atoms with Gasteiger partial charge in [-0.2, -0.15) is 0 Å². The molecule has 0 unspecified atom stereocenters. The summed E-state index contributed by atoms with van der Waals surface area (Å²) in [4.78, 5) is 5.08. The topological polar surface area (TPSA) is 18.5 Å². The molecule has 0 saturated carbocycles. The van der Waals surface area contributed by atoms with E-state index in [0.717, 1.165) is 0 Å². The molecule has 42 heavy (non-hydrogen) atoms. The van der Waals surface area contributed by atoms with Gasteiger partial charge in [-0.15, -0.1) is 0 Å². The highest BCUT2D eigenvalue weighted by molar-refractivity contribution is 7.04. The molecule has 0 radical (unpaired) electrons. The van der Waals surface area contributed by atoms with Crippen molar-refractivity contribution in [3.05, 3.63) is 133 Å². The monoisotopic (exact) mass is 533 g/mol. The standard InChI is InChI=1S/C37H25B2N3/c1-23-12-2-8-18-30(23)41-31-19-9-4-14-25(31)39-27-16-6-11-21-33(27)42-32-20-10-5-15-26(32)38-24-13-3-7-17-28(24)40-29-22-34(41)36(39)37(42)35(29)38/h2-22,40H,1H3. The molecule has 0 atom stereocenters. The maximum Gasteiger partial charge on any atom is 0.252 e. The molecule has 4 heterocycles. The number of hydrogen-bond donors (Lipinski definition) is 1. The van der Waals surface area contributed by atoms with E-state index < -0.39 is 0 Å². The van der Waals surface area contributed by atoms with E-state index in [1.165, 1.54) is 83.8 Å². The molecule has 6 aromatic carbocycles. The van der Waals surface area contributed by atoms with Gasteiger partial charge in [-0.3, -0.25) is 0 Å². The third kappa shape index (κ3) is 2.69. The van der Waals surface area contributed by atoms with Crippen LogP contribution in [0.25, 0.3) is 0 Å². The van der Waals surface area contributed by atoms with E-state index in [0.29, 0.717) is 0 Å². The lowest BCUT2D eigenvalue weighted by Crippen LogP contribution is -2.68. The van der Waals surface area contributed by atoms with Gasteiger partial charge in [-0.05, 0) is 81.7 Å². The number of aryl methyl sites for hydroxylation is 1. The van der Waals surface area contributed by atoms with Crippen LogP contribution >= 0.6 is 0 Å². The third-order valence-corrected chi connectivity index (χ3v) is 9.76. The van der Waals surface area contributed by atoms with E-state index in [4.69, 9.17) is 0 Å². The van der Waals surface area contributed by atoms with Crippen molar-refractivity contribution in [2.24, 2.45) is 0 Å². The molecule has 0 aliphatic carbocycles. The number of nitrogens with zero attached hydrogens (tertiary/aromatic N) is 2. The molecule has 4 aliphatic heterocycles. The Labute approximate surface area is 246 Å². The maximum atomic E-state index is 3.90. The Morgan fingerprint density at radius 2 is 0.952 bits per heavy atom. The van der Waals surface area contributed by atoms with Crippen LogP contribution in [-0.2, 0) is 0 Å². The SMILES string of the molecule is Cc1ccccc1N1c2ccccc2B2c3ccccc3N3c4ccccc4B4c5ccccc5Nc5cc1c2c3c54. The first-order valence-electron chi connectivity index (χ1n) is 14.8. The summed E-state index contributed by atoms with van der Waals surface area (Å²) in [5.74, 6) is 0. The van der Waals surface area contributed by atoms with E-state index in [-0.39, 0.29) is 13.4 Å². The largest absolute Gasteiger partial charge is 0.356 e. The van der Waals surface area contributed by atoms with Crippen molar-refractivity contribution in [2.75, 3.05) is 15.1 Å². The highest BCUT2D eigenvalue weighted by Crippen LogP contribution is 2.47. The Kier molecular flexibility index (Phi) is 4.28. The second kappa shape index (κ2) is 7.98. The number of benzene rings is 6. The number of para-hydroxylation sites is 5. The Bertz CT molecular complexity index is 2130. The number of anilines is 8. The van der Waals surface area contributed by atoms with Crippen molar-refractivity contribution >= 4 is 91.7 Å². The molecule has 0 amide bonds. The number of hydrogen-bond acceptors (Lipinski definition) is 3. The van der Waals surface area contributed by atoms with Crippen LogP contribution in [0.3, 0.4) is 0 Å². The summed E-state index contributed by atoms with van der Waals surface area (Å²) in [6, 6.07) is 47.2. The Morgan fingerprint density at radius 3 is 1.60 bits per heavy atom. The lowest BCUT2D eigenvalue weighted by molar-refractivity contribution is 1.24. The predicted octanol–water partition coefficient (Wildman–Crippen LogP) is 4.96. The number of fused-ring (bicyclic) bond motifs is 10. The van der Waals surface area contributed by atoms with Crippen molar-refractivity contribution < 1.29 is 0 Å². The molecule has 6 aromatic rings. The molecule has 5 heteroatoms. The normalized spacial score (nSPS) is 14.3. The molecule has 0 spiro atoms. The van der Waals surface area contributed by atoms with Crippen LogP contribution in [0.15, 0.2) is 127 Å². The van der Waals surface area contributed by atoms with Gasteiger partial charge in [0.15, 0.2) is 0 Å². The summed E-state index contributed by atoms with van der Waals surface area (Å²) in [7, 11) is 0. The molecule has 4 aliphatic rings. The van der Waals surface area contributed by atoms with Crippen LogP contribution < -0.4 is 47.9 Å². The quantitative estimate of drug-likeness (QED) is 0.301. The summed E-state index contributed by atoms with van der Waals surface area (Å²) >= 11 is 0. The minimum Gasteiger partial charge on any atom is -0.356 e. The van der Waals surface area contributed by atoms with E-state index in [1.807, 2.05) is 0 Å². The van der Waals surface area contributed by atoms with Crippen molar-refractivity contribution in [3.8, 4) is 0 Å². The Morgan fingerprint density at radius 1 is 0.452 bits per heavy atom. The van der Waals surface area contributed by atoms with Crippen LogP contribution in [0.2, 0.25) is 0 Å². The average molecular weight is 533 g/mol. The summed E-state index contributed by atoms with van der Waals surface area (Å²) in [6.45, 7) is 2.54. The second-order valence-electron chi connectivity index (χ2n) is 11.8. The Hall–Kier alpha value is -5.15. The fraction of sp³-hybridized carbons (Fsp3) is 0.0270. The minimum absolute atomic E-state index is 0.146. The molecular formula is C37H25B2N3. The highest BCUT2D eigenvalue weighted by atomic mass is 15.2. The van der Waals surface area contributed by atoms with E-state index in [2.05, 4.69) is 149 Å². The van der Waals surface area contributed by atoms with Crippen LogP contribution in [0, 0.1) is 6.92 Å². The molecule has 0 aromatic heterocycles. The molecule has 0 bridgehead atoms. The molecule has 0 saturated heterocycles. The molecule has 1 N–H and O–H groups in total. The smallest absolute Gasteiger partial charge is 0.252 e. The van der Waals surface area contributed by atoms with Crippen LogP contribution in [-0.4, -0.2) is 13.4 Å². The molecule has 3 nitrogen and oxygen atoms in total. The van der Waals surface area contributed by atoms with Gasteiger partial charge in [-0.25, -0.2) is 0 Å². The van der Waals surface area contributed by atoms with E-state index >= 15 is 0 Å². The Balaban J connectivity index is 1.40. The number of rotatable bonds is 1. The van der Waals surface area contributed by atoms with Crippen LogP contribution in [0.4, 0.5) is 45.5 Å². The number of nitrogens with one attached hydrogen (secondary N) is 1. The van der Waals surface area contributed by atoms with E-state index in [1.54, 1.807) is 0 Å². The lowest BCUT2D eigenvalue weighted by atomic mass is 9.29. The molecular weight excluding hydrogens is 508 g/mol. The first-order chi connectivity index (χ1) is 20.8. The van der Waals surface area contributed by atoms with Crippen LogP contribution in [0.1, 0.15) is 5.56 Å². The van der Waals surface area contributed by atoms with Crippen molar-refractivity contribution in [2.45, 2.75) is 6.92 Å². The van der Waals surface area contributed by atoms with Crippen molar-refractivity contribution in [1.29, 1.82) is 0 Å². The second-order valence-corrected chi connectivity index (χ2v) is 11.8. The minimum atomic E-state index is 0.146. The lowest BCUT2D eigenvalue weighted by Gasteiger charge is -2.49. The fourth-order valence-electron chi connectivity index (χ4n) is 8.14. The molecule has 10 rings (SSSR count). The van der Waals surface area contributed by atoms with Gasteiger partial charge in [0.05, 0.1) is 0 Å². The first-order valence-corrected chi connectivity index (χ1v) is 14.8. The van der Waals surface area contributed by atoms with Crippen molar-refractivity contribution in [1.82, 2.24) is 0 Å². The first kappa shape index (κ1) is 22.5. The zero-order valence-corrected chi connectivity index (χ0v) is 23.2. The zero-order chi connectivity index (χ0) is 27.5. The van der Waals surface area contributed by atoms with Gasteiger partial charge in [0, 0.05) is 45.5 Å². The van der Waals surface area contributed by atoms with E-state index in [9.17, 15) is 0 Å². The zero-order valence-electron chi connectivity index (χ0n) is 23.2. The summed E-state index contributed by atoms with van der Waals surface area (Å²) in [6.07, 6.45) is 0. The van der Waals surface area contributed by atoms with Gasteiger partial charge >= 0.3 is 0 Å². The fourth-order valence-corrected chi connectivity index (χ4v) is 8.14. The van der Waals surface area contributed by atoms with Gasteiger partial charge < -0.3 is 15.1 Å². The van der Waals surface area contributed by atoms with Gasteiger partial charge in [0.25, 0.3) is 13.4 Å². The van der Waals surface area contributed by atoms with Gasteiger partial charge in [0.1, 0.15) is 0 Å². The predicted molar refractivity (Wildman–Crippen MR) is 180 cm³/mol. The van der Waals surface area contributed by atoms with Gasteiger partial charge in [-0.1, -0.05) is 91.0 Å².